The summed E-state index contributed by atoms with van der Waals surface area (Å²) in [6.45, 7) is 8.08. The first kappa shape index (κ1) is 20.4. The van der Waals surface area contributed by atoms with Gasteiger partial charge in [0.25, 0.3) is 11.5 Å². The minimum Gasteiger partial charge on any atom is -0.496 e. The summed E-state index contributed by atoms with van der Waals surface area (Å²) in [5.74, 6) is 0.232. The average Bonchev–Trinajstić information content (AvgIpc) is 2.68. The first-order valence-corrected chi connectivity index (χ1v) is 9.50. The molecule has 2 N–H and O–H groups in total. The number of hydrogen-bond donors (Lipinski definition) is 2. The second-order valence-electron chi connectivity index (χ2n) is 8.04. The number of para-hydroxylation sites is 1. The number of methoxy groups -OCH3 is 1. The van der Waals surface area contributed by atoms with Gasteiger partial charge in [-0.3, -0.25) is 9.59 Å². The molecule has 5 heteroatoms. The average molecular weight is 390 g/mol. The van der Waals surface area contributed by atoms with E-state index in [0.717, 1.165) is 16.8 Å². The number of H-pyrrole nitrogens is 1. The molecule has 5 nitrogen and oxygen atoms in total. The molecule has 0 saturated heterocycles. The normalized spacial score (nSPS) is 11.2. The maximum Gasteiger partial charge on any atom is 0.259 e. The van der Waals surface area contributed by atoms with Crippen LogP contribution in [0.15, 0.2) is 59.5 Å². The molecule has 0 aliphatic rings. The van der Waals surface area contributed by atoms with Crippen LogP contribution < -0.4 is 15.6 Å². The van der Waals surface area contributed by atoms with Gasteiger partial charge in [0.05, 0.1) is 12.7 Å². The molecule has 2 aromatic carbocycles. The molecule has 3 rings (SSSR count). The molecular formula is C24H26N2O3. The molecule has 0 atom stereocenters. The highest BCUT2D eigenvalue weighted by atomic mass is 16.5. The van der Waals surface area contributed by atoms with Crippen molar-refractivity contribution >= 4 is 11.6 Å². The zero-order chi connectivity index (χ0) is 21.2. The van der Waals surface area contributed by atoms with Gasteiger partial charge in [-0.2, -0.15) is 0 Å². The minimum absolute atomic E-state index is 0.206. The van der Waals surface area contributed by atoms with E-state index >= 15 is 0 Å². The molecule has 0 saturated carbocycles. The van der Waals surface area contributed by atoms with Crippen LogP contribution in [0.4, 0.5) is 5.69 Å². The summed E-state index contributed by atoms with van der Waals surface area (Å²) < 4.78 is 5.67. The molecule has 0 aliphatic carbocycles. The summed E-state index contributed by atoms with van der Waals surface area (Å²) in [6.07, 6.45) is 1.59. The number of anilines is 1. The Labute approximate surface area is 170 Å². The van der Waals surface area contributed by atoms with Crippen molar-refractivity contribution in [2.75, 3.05) is 12.4 Å². The number of benzene rings is 2. The van der Waals surface area contributed by atoms with E-state index in [1.54, 1.807) is 31.5 Å². The van der Waals surface area contributed by atoms with Crippen molar-refractivity contribution in [3.8, 4) is 16.9 Å². The van der Waals surface area contributed by atoms with Crippen LogP contribution in [0.2, 0.25) is 0 Å². The van der Waals surface area contributed by atoms with Crippen molar-refractivity contribution in [3.05, 3.63) is 81.8 Å². The fraction of sp³-hybridized carbons (Fsp3) is 0.250. The van der Waals surface area contributed by atoms with Gasteiger partial charge in [-0.05, 0) is 53.8 Å². The second-order valence-corrected chi connectivity index (χ2v) is 8.04. The third kappa shape index (κ3) is 4.24. The number of ether oxygens (including phenoxy) is 1. The smallest absolute Gasteiger partial charge is 0.259 e. The van der Waals surface area contributed by atoms with E-state index in [1.807, 2.05) is 58.0 Å². The van der Waals surface area contributed by atoms with Gasteiger partial charge in [0.15, 0.2) is 0 Å². The summed E-state index contributed by atoms with van der Waals surface area (Å²) in [7, 11) is 1.56. The van der Waals surface area contributed by atoms with Crippen LogP contribution in [0, 0.1) is 6.92 Å². The molecule has 29 heavy (non-hydrogen) atoms. The number of pyridine rings is 1. The van der Waals surface area contributed by atoms with Gasteiger partial charge < -0.3 is 15.0 Å². The quantitative estimate of drug-likeness (QED) is 0.665. The summed E-state index contributed by atoms with van der Waals surface area (Å²) in [4.78, 5) is 28.3. The van der Waals surface area contributed by atoms with Crippen molar-refractivity contribution in [1.29, 1.82) is 0 Å². The topological polar surface area (TPSA) is 71.2 Å². The Morgan fingerprint density at radius 1 is 1.07 bits per heavy atom. The number of carbonyl (C=O) groups is 1. The number of rotatable bonds is 4. The highest BCUT2D eigenvalue weighted by Crippen LogP contribution is 2.38. The van der Waals surface area contributed by atoms with E-state index in [1.165, 1.54) is 0 Å². The fourth-order valence-corrected chi connectivity index (χ4v) is 3.28. The summed E-state index contributed by atoms with van der Waals surface area (Å²) in [5, 5.41) is 2.97. The van der Waals surface area contributed by atoms with Gasteiger partial charge in [-0.15, -0.1) is 0 Å². The van der Waals surface area contributed by atoms with Gasteiger partial charge >= 0.3 is 0 Å². The lowest BCUT2D eigenvalue weighted by Crippen LogP contribution is -2.19. The number of amides is 1. The van der Waals surface area contributed by atoms with Gasteiger partial charge in [0.1, 0.15) is 5.75 Å². The Bertz CT molecular complexity index is 1110. The number of aromatic amines is 1. The molecule has 0 fully saturated rings. The van der Waals surface area contributed by atoms with Gasteiger partial charge in [-0.1, -0.05) is 39.0 Å². The van der Waals surface area contributed by atoms with Crippen LogP contribution in [0.5, 0.6) is 5.75 Å². The summed E-state index contributed by atoms with van der Waals surface area (Å²) in [6, 6.07) is 14.7. The minimum atomic E-state index is -0.291. The second kappa shape index (κ2) is 7.95. The molecule has 1 amide bonds. The Morgan fingerprint density at radius 3 is 2.41 bits per heavy atom. The van der Waals surface area contributed by atoms with E-state index in [4.69, 9.17) is 4.74 Å². The number of hydrogen-bond acceptors (Lipinski definition) is 3. The molecule has 150 valence electrons. The van der Waals surface area contributed by atoms with Gasteiger partial charge in [-0.25, -0.2) is 0 Å². The number of carbonyl (C=O) groups excluding carboxylic acids is 1. The maximum absolute atomic E-state index is 13.2. The fourth-order valence-electron chi connectivity index (χ4n) is 3.28. The number of aromatic nitrogens is 1. The van der Waals surface area contributed by atoms with Crippen LogP contribution in [-0.4, -0.2) is 18.0 Å². The van der Waals surface area contributed by atoms with Gasteiger partial charge in [0.2, 0.25) is 0 Å². The number of aryl methyl sites for hydroxylation is 1. The largest absolute Gasteiger partial charge is 0.496 e. The first-order valence-electron chi connectivity index (χ1n) is 9.50. The zero-order valence-electron chi connectivity index (χ0n) is 17.4. The monoisotopic (exact) mass is 390 g/mol. The molecule has 0 spiro atoms. The maximum atomic E-state index is 13.2. The Hall–Kier alpha value is -3.34. The Kier molecular flexibility index (Phi) is 5.59. The van der Waals surface area contributed by atoms with Gasteiger partial charge in [0, 0.05) is 23.0 Å². The zero-order valence-corrected chi connectivity index (χ0v) is 17.4. The lowest BCUT2D eigenvalue weighted by Gasteiger charge is -2.25. The van der Waals surface area contributed by atoms with Crippen molar-refractivity contribution in [1.82, 2.24) is 4.98 Å². The summed E-state index contributed by atoms with van der Waals surface area (Å²) in [5.41, 5.74) is 3.63. The van der Waals surface area contributed by atoms with Crippen LogP contribution in [0.3, 0.4) is 0 Å². The summed E-state index contributed by atoms with van der Waals surface area (Å²) >= 11 is 0. The molecule has 0 unspecified atom stereocenters. The van der Waals surface area contributed by atoms with Crippen LogP contribution in [0.1, 0.15) is 42.3 Å². The van der Waals surface area contributed by atoms with Crippen LogP contribution in [-0.2, 0) is 5.41 Å². The van der Waals surface area contributed by atoms with E-state index in [9.17, 15) is 9.59 Å². The first-order chi connectivity index (χ1) is 13.7. The molecule has 1 aromatic heterocycles. The number of nitrogens with one attached hydrogen (secondary N) is 2. The molecule has 0 aliphatic heterocycles. The van der Waals surface area contributed by atoms with E-state index in [0.29, 0.717) is 22.4 Å². The molecule has 3 aromatic rings. The van der Waals surface area contributed by atoms with Crippen LogP contribution >= 0.6 is 0 Å². The molecule has 0 radical (unpaired) electrons. The predicted octanol–water partition coefficient (Wildman–Crippen LogP) is 4.91. The highest BCUT2D eigenvalue weighted by molar-refractivity contribution is 6.07. The lowest BCUT2D eigenvalue weighted by molar-refractivity contribution is 0.102. The standard InChI is InChI=1S/C24H26N2O3/c1-15-9-6-7-11-20(15)26-23(28)18-13-16(17-10-8-12-25-22(17)27)14-19(21(18)29-5)24(2,3)4/h6-14H,1-5H3,(H,25,27)(H,26,28). The lowest BCUT2D eigenvalue weighted by atomic mass is 9.83. The Balaban J connectivity index is 2.20. The molecule has 0 bridgehead atoms. The Morgan fingerprint density at radius 2 is 1.79 bits per heavy atom. The highest BCUT2D eigenvalue weighted by Gasteiger charge is 2.26. The van der Waals surface area contributed by atoms with Crippen LogP contribution in [0.25, 0.3) is 11.1 Å². The molecule has 1 heterocycles. The molecular weight excluding hydrogens is 364 g/mol. The third-order valence-corrected chi connectivity index (χ3v) is 4.87. The van der Waals surface area contributed by atoms with Crippen molar-refractivity contribution < 1.29 is 9.53 Å². The SMILES string of the molecule is COc1c(C(=O)Nc2ccccc2C)cc(-c2ccc[nH]c2=O)cc1C(C)(C)C. The van der Waals surface area contributed by atoms with E-state index in [-0.39, 0.29) is 16.9 Å². The van der Waals surface area contributed by atoms with E-state index < -0.39 is 0 Å². The van der Waals surface area contributed by atoms with E-state index in [2.05, 4.69) is 10.3 Å². The van der Waals surface area contributed by atoms with Crippen molar-refractivity contribution in [3.63, 3.8) is 0 Å². The van der Waals surface area contributed by atoms with Crippen molar-refractivity contribution in [2.45, 2.75) is 33.1 Å². The third-order valence-electron chi connectivity index (χ3n) is 4.87. The predicted molar refractivity (Wildman–Crippen MR) is 117 cm³/mol. The van der Waals surface area contributed by atoms with Crippen molar-refractivity contribution in [2.24, 2.45) is 0 Å².